The molecule has 220 valence electrons. The Hall–Kier alpha value is -3.28. The minimum absolute atomic E-state index is 0.0489. The Morgan fingerprint density at radius 2 is 1.74 bits per heavy atom. The molecular weight excluding hydrogens is 542 g/mol. The van der Waals surface area contributed by atoms with Crippen LogP contribution in [0.4, 0.5) is 0 Å². The van der Waals surface area contributed by atoms with Gasteiger partial charge in [0, 0.05) is 48.3 Å². The van der Waals surface area contributed by atoms with E-state index in [-0.39, 0.29) is 5.91 Å². The van der Waals surface area contributed by atoms with E-state index in [0.717, 1.165) is 59.1 Å². The number of para-hydroxylation sites is 1. The lowest BCUT2D eigenvalue weighted by Crippen LogP contribution is -2.43. The lowest BCUT2D eigenvalue weighted by Gasteiger charge is -2.39. The molecule has 3 aromatic carbocycles. The highest BCUT2D eigenvalue weighted by Gasteiger charge is 2.39. The van der Waals surface area contributed by atoms with E-state index in [1.807, 2.05) is 42.6 Å². The fourth-order valence-corrected chi connectivity index (χ4v) is 7.51. The summed E-state index contributed by atoms with van der Waals surface area (Å²) >= 11 is 6.07. The van der Waals surface area contributed by atoms with Gasteiger partial charge in [-0.1, -0.05) is 65.7 Å². The van der Waals surface area contributed by atoms with Gasteiger partial charge in [0.15, 0.2) is 0 Å². The Morgan fingerprint density at radius 3 is 2.48 bits per heavy atom. The average Bonchev–Trinajstić information content (AvgIpc) is 3.48. The zero-order chi connectivity index (χ0) is 29.1. The van der Waals surface area contributed by atoms with E-state index < -0.39 is 0 Å². The van der Waals surface area contributed by atoms with Gasteiger partial charge >= 0.3 is 0 Å². The first-order valence-electron chi connectivity index (χ1n) is 15.5. The van der Waals surface area contributed by atoms with Crippen LogP contribution in [0.15, 0.2) is 72.9 Å². The van der Waals surface area contributed by atoms with E-state index in [4.69, 9.17) is 16.3 Å². The van der Waals surface area contributed by atoms with Crippen LogP contribution in [0.5, 0.6) is 5.75 Å². The Bertz CT molecular complexity index is 1510. The van der Waals surface area contributed by atoms with Crippen LogP contribution in [-0.4, -0.2) is 41.1 Å². The molecule has 2 aliphatic heterocycles. The highest BCUT2D eigenvalue weighted by Crippen LogP contribution is 2.40. The van der Waals surface area contributed by atoms with Crippen molar-refractivity contribution < 1.29 is 9.53 Å². The van der Waals surface area contributed by atoms with Gasteiger partial charge in [0.2, 0.25) is 0 Å². The molecule has 5 nitrogen and oxygen atoms in total. The zero-order valence-electron chi connectivity index (χ0n) is 24.8. The number of rotatable bonds is 11. The first kappa shape index (κ1) is 28.8. The smallest absolute Gasteiger partial charge is 0.253 e. The van der Waals surface area contributed by atoms with Gasteiger partial charge in [0.05, 0.1) is 18.2 Å². The van der Waals surface area contributed by atoms with Crippen LogP contribution in [0.25, 0.3) is 10.9 Å². The third-order valence-corrected chi connectivity index (χ3v) is 9.67. The largest absolute Gasteiger partial charge is 0.495 e. The van der Waals surface area contributed by atoms with E-state index in [1.54, 1.807) is 7.11 Å². The quantitative estimate of drug-likeness (QED) is 0.196. The molecular formula is C36H42ClN3O2. The number of ether oxygens (including phenoxy) is 1. The van der Waals surface area contributed by atoms with E-state index in [0.29, 0.717) is 24.2 Å². The van der Waals surface area contributed by atoms with Gasteiger partial charge in [-0.25, -0.2) is 0 Å². The molecule has 6 heteroatoms. The number of carbonyl (C=O) groups excluding carboxylic acids is 1. The van der Waals surface area contributed by atoms with Gasteiger partial charge in [0.25, 0.3) is 5.91 Å². The van der Waals surface area contributed by atoms with Gasteiger partial charge in [-0.15, -0.1) is 0 Å². The number of hydrogen-bond acceptors (Lipinski definition) is 3. The number of piperidine rings is 1. The molecule has 2 fully saturated rings. The molecule has 1 aromatic heterocycles. The van der Waals surface area contributed by atoms with Crippen LogP contribution >= 0.6 is 11.6 Å². The van der Waals surface area contributed by atoms with Gasteiger partial charge in [0.1, 0.15) is 5.75 Å². The van der Waals surface area contributed by atoms with Gasteiger partial charge in [-0.3, -0.25) is 9.69 Å². The summed E-state index contributed by atoms with van der Waals surface area (Å²) in [5.41, 5.74) is 5.40. The highest BCUT2D eigenvalue weighted by atomic mass is 35.5. The number of aromatic nitrogens is 1. The van der Waals surface area contributed by atoms with Gasteiger partial charge < -0.3 is 14.6 Å². The van der Waals surface area contributed by atoms with Crippen LogP contribution in [0, 0.1) is 12.8 Å². The molecule has 2 bridgehead atoms. The molecule has 4 aromatic rings. The topological polar surface area (TPSA) is 46.5 Å². The third kappa shape index (κ3) is 6.38. The predicted octanol–water partition coefficient (Wildman–Crippen LogP) is 7.81. The molecule has 1 N–H and O–H groups in total. The molecule has 0 spiro atoms. The van der Waals surface area contributed by atoms with Crippen molar-refractivity contribution in [2.45, 2.75) is 77.0 Å². The van der Waals surface area contributed by atoms with E-state index in [9.17, 15) is 4.79 Å². The van der Waals surface area contributed by atoms with Gasteiger partial charge in [-0.2, -0.15) is 0 Å². The maximum Gasteiger partial charge on any atom is 0.253 e. The Labute approximate surface area is 254 Å². The normalized spacial score (nSPS) is 20.2. The number of hydrogen-bond donors (Lipinski definition) is 1. The minimum atomic E-state index is -0.0489. The number of aryl methyl sites for hydroxylation is 3. The Morgan fingerprint density at radius 1 is 0.976 bits per heavy atom. The Kier molecular flexibility index (Phi) is 8.87. The number of methoxy groups -OCH3 is 1. The molecule has 6 rings (SSSR count). The number of nitrogens with one attached hydrogen (secondary N) is 1. The molecule has 0 aliphatic carbocycles. The fourth-order valence-electron chi connectivity index (χ4n) is 7.38. The molecule has 42 heavy (non-hydrogen) atoms. The molecule has 0 radical (unpaired) electrons. The molecule has 2 atom stereocenters. The number of nitrogens with zero attached hydrogens (tertiary/aromatic N) is 2. The first-order chi connectivity index (χ1) is 20.5. The Balaban J connectivity index is 1.08. The third-order valence-electron chi connectivity index (χ3n) is 9.41. The predicted molar refractivity (Wildman–Crippen MR) is 171 cm³/mol. The second-order valence-corrected chi connectivity index (χ2v) is 12.7. The second kappa shape index (κ2) is 12.9. The van der Waals surface area contributed by atoms with Crippen LogP contribution < -0.4 is 10.1 Å². The summed E-state index contributed by atoms with van der Waals surface area (Å²) in [4.78, 5) is 16.1. The summed E-state index contributed by atoms with van der Waals surface area (Å²) in [5.74, 6) is 1.58. The monoisotopic (exact) mass is 583 g/mol. The van der Waals surface area contributed by atoms with Crippen LogP contribution in [0.1, 0.15) is 65.6 Å². The van der Waals surface area contributed by atoms with Gasteiger partial charge in [-0.05, 0) is 87.1 Å². The van der Waals surface area contributed by atoms with E-state index in [1.165, 1.54) is 43.2 Å². The van der Waals surface area contributed by atoms with Crippen molar-refractivity contribution >= 4 is 28.4 Å². The zero-order valence-corrected chi connectivity index (χ0v) is 25.6. The number of fused-ring (bicyclic) bond motifs is 3. The maximum absolute atomic E-state index is 13.4. The summed E-state index contributed by atoms with van der Waals surface area (Å²) in [6.45, 7) is 4.54. The molecule has 3 heterocycles. The number of carbonyl (C=O) groups is 1. The number of halogens is 1. The first-order valence-corrected chi connectivity index (χ1v) is 15.9. The summed E-state index contributed by atoms with van der Waals surface area (Å²) in [6, 6.07) is 24.0. The SMILES string of the molecule is COc1cccc2c(C(=O)NCc3cccc(C)c3)cn(CCCN3C4CCC3CC(CCc3ccc(Cl)cc3)C4)c12. The molecule has 0 saturated carbocycles. The lowest BCUT2D eigenvalue weighted by molar-refractivity contribution is 0.0952. The fraction of sp³-hybridized carbons (Fsp3) is 0.417. The standard InChI is InChI=1S/C36H42ClN3O2/c1-25-6-3-7-28(20-25)23-38-36(41)33-24-39(35-32(33)8-4-9-34(35)42-2)18-5-19-40-30-16-17-31(40)22-27(21-30)11-10-26-12-14-29(37)15-13-26/h3-4,6-9,12-15,20,24,27,30-31H,5,10-11,16-19,21-23H2,1-2H3,(H,38,41). The molecule has 1 amide bonds. The van der Waals surface area contributed by atoms with Crippen LogP contribution in [0.2, 0.25) is 5.02 Å². The minimum Gasteiger partial charge on any atom is -0.495 e. The number of benzene rings is 3. The van der Waals surface area contributed by atoms with Crippen molar-refractivity contribution in [2.24, 2.45) is 5.92 Å². The van der Waals surface area contributed by atoms with E-state index in [2.05, 4.69) is 52.0 Å². The lowest BCUT2D eigenvalue weighted by atomic mass is 9.86. The molecule has 2 unspecified atom stereocenters. The van der Waals surface area contributed by atoms with Crippen LogP contribution in [-0.2, 0) is 19.5 Å². The van der Waals surface area contributed by atoms with Crippen molar-refractivity contribution in [3.8, 4) is 5.75 Å². The van der Waals surface area contributed by atoms with Crippen molar-refractivity contribution in [3.63, 3.8) is 0 Å². The summed E-state index contributed by atoms with van der Waals surface area (Å²) in [5, 5.41) is 4.89. The second-order valence-electron chi connectivity index (χ2n) is 12.2. The number of amides is 1. The summed E-state index contributed by atoms with van der Waals surface area (Å²) in [6.07, 6.45) is 10.8. The average molecular weight is 584 g/mol. The van der Waals surface area contributed by atoms with E-state index >= 15 is 0 Å². The van der Waals surface area contributed by atoms with Crippen LogP contribution in [0.3, 0.4) is 0 Å². The van der Waals surface area contributed by atoms with Crippen molar-refractivity contribution in [1.82, 2.24) is 14.8 Å². The summed E-state index contributed by atoms with van der Waals surface area (Å²) in [7, 11) is 1.71. The maximum atomic E-state index is 13.4. The molecule has 2 saturated heterocycles. The van der Waals surface area contributed by atoms with Crippen molar-refractivity contribution in [3.05, 3.63) is 100 Å². The van der Waals surface area contributed by atoms with Crippen molar-refractivity contribution in [1.29, 1.82) is 0 Å². The highest BCUT2D eigenvalue weighted by molar-refractivity contribution is 6.30. The molecule has 2 aliphatic rings. The van der Waals surface area contributed by atoms with Crippen molar-refractivity contribution in [2.75, 3.05) is 13.7 Å². The summed E-state index contributed by atoms with van der Waals surface area (Å²) < 4.78 is 7.98.